The Kier molecular flexibility index (Phi) is 5.68. The van der Waals surface area contributed by atoms with Crippen LogP contribution in [0, 0.1) is 23.7 Å². The van der Waals surface area contributed by atoms with E-state index in [4.69, 9.17) is 4.74 Å². The maximum Gasteiger partial charge on any atom is 0.338 e. The predicted octanol–water partition coefficient (Wildman–Crippen LogP) is 2.75. The van der Waals surface area contributed by atoms with Crippen LogP contribution in [0.2, 0.25) is 0 Å². The van der Waals surface area contributed by atoms with Crippen LogP contribution in [0.15, 0.2) is 60.7 Å². The third kappa shape index (κ3) is 4.21. The Labute approximate surface area is 201 Å². The van der Waals surface area contributed by atoms with Gasteiger partial charge in [0.15, 0.2) is 6.61 Å². The minimum atomic E-state index is -0.746. The van der Waals surface area contributed by atoms with E-state index >= 15 is 0 Å². The Morgan fingerprint density at radius 1 is 0.914 bits per heavy atom. The lowest BCUT2D eigenvalue weighted by Gasteiger charge is -2.18. The summed E-state index contributed by atoms with van der Waals surface area (Å²) < 4.78 is 5.12. The van der Waals surface area contributed by atoms with Crippen molar-refractivity contribution in [2.45, 2.75) is 13.3 Å². The summed E-state index contributed by atoms with van der Waals surface area (Å²) in [6.45, 7) is 0.879. The molecule has 1 saturated carbocycles. The van der Waals surface area contributed by atoms with Crippen LogP contribution >= 0.6 is 0 Å². The van der Waals surface area contributed by atoms with Crippen LogP contribution in [0.5, 0.6) is 0 Å². The molecule has 1 aliphatic heterocycles. The zero-order valence-electron chi connectivity index (χ0n) is 18.9. The predicted molar refractivity (Wildman–Crippen MR) is 126 cm³/mol. The molecule has 0 unspecified atom stereocenters. The molecule has 2 aromatic rings. The van der Waals surface area contributed by atoms with E-state index in [9.17, 15) is 24.0 Å². The minimum absolute atomic E-state index is 0.0970. The number of allylic oxidation sites excluding steroid dienone is 2. The van der Waals surface area contributed by atoms with Gasteiger partial charge in [0.1, 0.15) is 0 Å². The topological polar surface area (TPSA) is 122 Å². The third-order valence-electron chi connectivity index (χ3n) is 6.63. The Balaban J connectivity index is 1.20. The zero-order valence-corrected chi connectivity index (χ0v) is 18.9. The fourth-order valence-electron chi connectivity index (χ4n) is 5.18. The number of anilines is 3. The SMILES string of the molecule is CC(=O)Nc1ccc(NC(=O)COC(=O)c2cccc(N3C(=O)[C@H]4[C@H](C3=O)[C@H]3C=C[C@H]4C3)c2)cc1. The normalized spacial score (nSPS) is 23.9. The van der Waals surface area contributed by atoms with Crippen molar-refractivity contribution in [3.05, 3.63) is 66.2 Å². The Bertz CT molecular complexity index is 1240. The first-order valence-corrected chi connectivity index (χ1v) is 11.3. The van der Waals surface area contributed by atoms with E-state index in [0.717, 1.165) is 6.42 Å². The number of rotatable bonds is 6. The number of imide groups is 1. The first-order valence-electron chi connectivity index (χ1n) is 11.3. The second kappa shape index (κ2) is 8.83. The van der Waals surface area contributed by atoms with E-state index in [1.54, 1.807) is 36.4 Å². The molecule has 0 aromatic heterocycles. The lowest BCUT2D eigenvalue weighted by Crippen LogP contribution is -2.33. The summed E-state index contributed by atoms with van der Waals surface area (Å²) in [4.78, 5) is 63.0. The maximum atomic E-state index is 13.0. The Morgan fingerprint density at radius 2 is 1.51 bits per heavy atom. The van der Waals surface area contributed by atoms with E-state index in [-0.39, 0.29) is 47.0 Å². The van der Waals surface area contributed by atoms with Gasteiger partial charge in [-0.15, -0.1) is 0 Å². The van der Waals surface area contributed by atoms with Crippen molar-refractivity contribution < 1.29 is 28.7 Å². The molecular weight excluding hydrogens is 450 g/mol. The first kappa shape index (κ1) is 22.5. The van der Waals surface area contributed by atoms with E-state index in [0.29, 0.717) is 17.1 Å². The molecule has 0 radical (unpaired) electrons. The molecular formula is C26H23N3O6. The molecule has 178 valence electrons. The summed E-state index contributed by atoms with van der Waals surface area (Å²) in [5.41, 5.74) is 1.52. The number of carbonyl (C=O) groups excluding carboxylic acids is 5. The monoisotopic (exact) mass is 473 g/mol. The average Bonchev–Trinajstić information content (AvgIpc) is 3.52. The van der Waals surface area contributed by atoms with Gasteiger partial charge in [0.2, 0.25) is 17.7 Å². The van der Waals surface area contributed by atoms with Gasteiger partial charge in [-0.3, -0.25) is 19.2 Å². The fraction of sp³-hybridized carbons (Fsp3) is 0.269. The van der Waals surface area contributed by atoms with Crippen molar-refractivity contribution in [2.24, 2.45) is 23.7 Å². The van der Waals surface area contributed by atoms with E-state index in [1.807, 2.05) is 12.2 Å². The molecule has 2 bridgehead atoms. The number of fused-ring (bicyclic) bond motifs is 5. The van der Waals surface area contributed by atoms with Gasteiger partial charge in [-0.05, 0) is 60.7 Å². The molecule has 4 atom stereocenters. The molecule has 9 nitrogen and oxygen atoms in total. The van der Waals surface area contributed by atoms with Crippen LogP contribution in [0.1, 0.15) is 23.7 Å². The van der Waals surface area contributed by atoms with Gasteiger partial charge >= 0.3 is 5.97 Å². The number of benzene rings is 2. The number of amides is 4. The molecule has 4 amide bonds. The van der Waals surface area contributed by atoms with Crippen LogP contribution < -0.4 is 15.5 Å². The lowest BCUT2D eigenvalue weighted by molar-refractivity contribution is -0.123. The van der Waals surface area contributed by atoms with Gasteiger partial charge in [0.25, 0.3) is 5.91 Å². The minimum Gasteiger partial charge on any atom is -0.452 e. The molecule has 5 rings (SSSR count). The molecule has 3 aliphatic rings. The summed E-state index contributed by atoms with van der Waals surface area (Å²) in [5, 5.41) is 5.22. The van der Waals surface area contributed by atoms with Crippen molar-refractivity contribution in [1.82, 2.24) is 0 Å². The summed E-state index contributed by atoms with van der Waals surface area (Å²) in [6.07, 6.45) is 4.89. The zero-order chi connectivity index (χ0) is 24.7. The van der Waals surface area contributed by atoms with Crippen molar-refractivity contribution in [3.8, 4) is 0 Å². The van der Waals surface area contributed by atoms with Gasteiger partial charge in [0, 0.05) is 18.3 Å². The molecule has 2 N–H and O–H groups in total. The molecule has 2 aliphatic carbocycles. The van der Waals surface area contributed by atoms with E-state index in [1.165, 1.54) is 24.0 Å². The van der Waals surface area contributed by atoms with Crippen LogP contribution in [0.4, 0.5) is 17.1 Å². The summed E-state index contributed by atoms with van der Waals surface area (Å²) in [7, 11) is 0. The van der Waals surface area contributed by atoms with E-state index in [2.05, 4.69) is 10.6 Å². The number of hydrogen-bond acceptors (Lipinski definition) is 6. The highest BCUT2D eigenvalue weighted by atomic mass is 16.5. The summed E-state index contributed by atoms with van der Waals surface area (Å²) in [5.74, 6) is -2.42. The molecule has 9 heteroatoms. The van der Waals surface area contributed by atoms with Gasteiger partial charge in [-0.1, -0.05) is 18.2 Å². The van der Waals surface area contributed by atoms with Crippen LogP contribution in [-0.4, -0.2) is 36.2 Å². The summed E-state index contributed by atoms with van der Waals surface area (Å²) >= 11 is 0. The smallest absolute Gasteiger partial charge is 0.338 e. The van der Waals surface area contributed by atoms with Crippen molar-refractivity contribution in [3.63, 3.8) is 0 Å². The van der Waals surface area contributed by atoms with Gasteiger partial charge in [0.05, 0.1) is 23.1 Å². The Morgan fingerprint density at radius 3 is 2.11 bits per heavy atom. The molecule has 1 saturated heterocycles. The Hall–Kier alpha value is -4.27. The van der Waals surface area contributed by atoms with Crippen LogP contribution in [-0.2, 0) is 23.9 Å². The highest BCUT2D eigenvalue weighted by Crippen LogP contribution is 2.53. The summed E-state index contributed by atoms with van der Waals surface area (Å²) in [6, 6.07) is 12.6. The van der Waals surface area contributed by atoms with E-state index < -0.39 is 18.5 Å². The van der Waals surface area contributed by atoms with Crippen molar-refractivity contribution in [2.75, 3.05) is 22.1 Å². The second-order valence-corrected chi connectivity index (χ2v) is 8.94. The fourth-order valence-corrected chi connectivity index (χ4v) is 5.18. The van der Waals surface area contributed by atoms with Crippen molar-refractivity contribution in [1.29, 1.82) is 0 Å². The number of carbonyl (C=O) groups is 5. The number of esters is 1. The lowest BCUT2D eigenvalue weighted by atomic mass is 9.85. The number of nitrogens with zero attached hydrogens (tertiary/aromatic N) is 1. The largest absolute Gasteiger partial charge is 0.452 e. The van der Waals surface area contributed by atoms with Gasteiger partial charge in [-0.25, -0.2) is 9.69 Å². The second-order valence-electron chi connectivity index (χ2n) is 8.94. The maximum absolute atomic E-state index is 13.0. The van der Waals surface area contributed by atoms with Gasteiger partial charge < -0.3 is 15.4 Å². The van der Waals surface area contributed by atoms with Crippen LogP contribution in [0.25, 0.3) is 0 Å². The molecule has 2 fully saturated rings. The average molecular weight is 473 g/mol. The molecule has 0 spiro atoms. The van der Waals surface area contributed by atoms with Crippen molar-refractivity contribution >= 4 is 46.7 Å². The first-order chi connectivity index (χ1) is 16.8. The third-order valence-corrected chi connectivity index (χ3v) is 6.63. The highest BCUT2D eigenvalue weighted by Gasteiger charge is 2.59. The van der Waals surface area contributed by atoms with Crippen LogP contribution in [0.3, 0.4) is 0 Å². The number of nitrogens with one attached hydrogen (secondary N) is 2. The highest BCUT2D eigenvalue weighted by molar-refractivity contribution is 6.23. The standard InChI is InChI=1S/C26H23N3O6/c1-14(30)27-18-7-9-19(10-8-18)28-21(31)13-35-26(34)17-3-2-4-20(12-17)29-24(32)22-15-5-6-16(11-15)23(22)25(29)33/h2-10,12,15-16,22-23H,11,13H2,1H3,(H,27,30)(H,28,31)/t15-,16-,22+,23+/m0/s1. The van der Waals surface area contributed by atoms with Gasteiger partial charge in [-0.2, -0.15) is 0 Å². The molecule has 1 heterocycles. The quantitative estimate of drug-likeness (QED) is 0.378. The molecule has 35 heavy (non-hydrogen) atoms. The molecule has 2 aromatic carbocycles. The number of hydrogen-bond donors (Lipinski definition) is 2. The number of ether oxygens (including phenoxy) is 1.